The predicted octanol–water partition coefficient (Wildman–Crippen LogP) is 6.54. The Hall–Kier alpha value is -3.91. The van der Waals surface area contributed by atoms with E-state index in [1.54, 1.807) is 7.11 Å². The van der Waals surface area contributed by atoms with Gasteiger partial charge in [0.25, 0.3) is 0 Å². The van der Waals surface area contributed by atoms with Crippen molar-refractivity contribution in [3.63, 3.8) is 0 Å². The van der Waals surface area contributed by atoms with Gasteiger partial charge >= 0.3 is 0 Å². The topological polar surface area (TPSA) is 93.2 Å². The molecule has 2 N–H and O–H groups in total. The summed E-state index contributed by atoms with van der Waals surface area (Å²) in [6, 6.07) is 14.8. The van der Waals surface area contributed by atoms with E-state index in [1.165, 1.54) is 12.5 Å². The summed E-state index contributed by atoms with van der Waals surface area (Å²) in [5.41, 5.74) is 12.1. The van der Waals surface area contributed by atoms with Gasteiger partial charge in [-0.2, -0.15) is 5.26 Å². The van der Waals surface area contributed by atoms with Crippen LogP contribution in [0.3, 0.4) is 0 Å². The van der Waals surface area contributed by atoms with Crippen LogP contribution in [0.1, 0.15) is 69.4 Å². The lowest BCUT2D eigenvalue weighted by Gasteiger charge is -2.23. The van der Waals surface area contributed by atoms with Crippen LogP contribution >= 0.6 is 0 Å². The lowest BCUT2D eigenvalue weighted by atomic mass is 9.83. The number of benzene rings is 2. The number of methoxy groups -OCH3 is 1. The van der Waals surface area contributed by atoms with Crippen LogP contribution in [0.4, 0.5) is 0 Å². The van der Waals surface area contributed by atoms with Gasteiger partial charge in [-0.05, 0) is 73.6 Å². The molecular weight excluding hydrogens is 436 g/mol. The van der Waals surface area contributed by atoms with Crippen LogP contribution in [-0.4, -0.2) is 19.8 Å². The Morgan fingerprint density at radius 1 is 1.11 bits per heavy atom. The molecule has 2 rings (SSSR count). The fraction of sp³-hybridized carbons (Fsp3) is 0.300. The molecule has 186 valence electrons. The summed E-state index contributed by atoms with van der Waals surface area (Å²) in [6.07, 6.45) is 5.20. The van der Waals surface area contributed by atoms with Crippen LogP contribution in [0.25, 0.3) is 11.1 Å². The second-order valence-corrected chi connectivity index (χ2v) is 8.79. The number of carbonyl (C=O) groups excluding carboxylic acids is 2. The molecule has 0 aromatic heterocycles. The third-order valence-electron chi connectivity index (χ3n) is 5.02. The largest absolute Gasteiger partial charge is 0.495 e. The molecule has 0 radical (unpaired) electrons. The van der Waals surface area contributed by atoms with Crippen molar-refractivity contribution in [2.24, 2.45) is 5.73 Å². The number of nitrogens with zero attached hydrogens (tertiary/aromatic N) is 1. The van der Waals surface area contributed by atoms with Crippen molar-refractivity contribution in [3.8, 4) is 11.8 Å². The maximum Gasteiger partial charge on any atom is 0.204 e. The summed E-state index contributed by atoms with van der Waals surface area (Å²) < 4.78 is 5.67. The van der Waals surface area contributed by atoms with Gasteiger partial charge in [-0.3, -0.25) is 4.79 Å². The first kappa shape index (κ1) is 31.1. The van der Waals surface area contributed by atoms with Crippen molar-refractivity contribution in [3.05, 3.63) is 88.5 Å². The Kier molecular flexibility index (Phi) is 13.4. The minimum absolute atomic E-state index is 0.0800. The van der Waals surface area contributed by atoms with Crippen molar-refractivity contribution >= 4 is 23.8 Å². The molecule has 0 fully saturated rings. The molecule has 0 unspecified atom stereocenters. The number of nitrogens with two attached hydrogens (primary N) is 1. The Bertz CT molecular complexity index is 1100. The van der Waals surface area contributed by atoms with Gasteiger partial charge in [0.2, 0.25) is 6.41 Å². The van der Waals surface area contributed by atoms with Crippen molar-refractivity contribution in [1.29, 1.82) is 5.26 Å². The summed E-state index contributed by atoms with van der Waals surface area (Å²) in [7, 11) is 1.62. The standard InChI is InChI=1S/C27H31NO.C2H4O.CH3NO/c1-9-20(15-24(18(2)3)21-12-10-19(4)11-13-21)25-16-23(27(5,6)7)14-22(17-28)26(25)29-8;1-2-3;2-1-3/h9-16H,2H2,1,3-8H3;2H,1H3;1H,(H2,2,3)/b20-9+,24-15+;;. The van der Waals surface area contributed by atoms with E-state index in [4.69, 9.17) is 14.3 Å². The molecule has 0 saturated carbocycles. The zero-order chi connectivity index (χ0) is 27.2. The number of ether oxygens (including phenoxy) is 1. The molecule has 0 aliphatic carbocycles. The van der Waals surface area contributed by atoms with Gasteiger partial charge in [0.15, 0.2) is 0 Å². The smallest absolute Gasteiger partial charge is 0.204 e. The van der Waals surface area contributed by atoms with E-state index < -0.39 is 0 Å². The third-order valence-corrected chi connectivity index (χ3v) is 5.02. The number of aldehydes is 1. The van der Waals surface area contributed by atoms with Gasteiger partial charge in [0, 0.05) is 5.56 Å². The van der Waals surface area contributed by atoms with Gasteiger partial charge in [0.1, 0.15) is 18.1 Å². The number of rotatable bonds is 5. The second-order valence-electron chi connectivity index (χ2n) is 8.79. The highest BCUT2D eigenvalue weighted by Gasteiger charge is 2.21. The average Bonchev–Trinajstić information content (AvgIpc) is 2.80. The second kappa shape index (κ2) is 15.1. The summed E-state index contributed by atoms with van der Waals surface area (Å²) in [5.74, 6) is 0.606. The molecule has 5 nitrogen and oxygen atoms in total. The summed E-state index contributed by atoms with van der Waals surface area (Å²) >= 11 is 0. The fourth-order valence-electron chi connectivity index (χ4n) is 3.24. The molecule has 1 amide bonds. The Morgan fingerprint density at radius 3 is 2.00 bits per heavy atom. The molecule has 0 bridgehead atoms. The quantitative estimate of drug-likeness (QED) is 0.393. The maximum absolute atomic E-state index is 9.71. The highest BCUT2D eigenvalue weighted by molar-refractivity contribution is 5.91. The Morgan fingerprint density at radius 2 is 1.63 bits per heavy atom. The highest BCUT2D eigenvalue weighted by Crippen LogP contribution is 2.37. The number of carbonyl (C=O) groups is 2. The van der Waals surface area contributed by atoms with Crippen molar-refractivity contribution < 1.29 is 14.3 Å². The number of nitriles is 1. The lowest BCUT2D eigenvalue weighted by Crippen LogP contribution is -2.12. The van der Waals surface area contributed by atoms with Crippen molar-refractivity contribution in [2.45, 2.75) is 53.9 Å². The zero-order valence-electron chi connectivity index (χ0n) is 22.2. The molecule has 5 heteroatoms. The maximum atomic E-state index is 9.71. The van der Waals surface area contributed by atoms with E-state index in [-0.39, 0.29) is 11.8 Å². The lowest BCUT2D eigenvalue weighted by molar-refractivity contribution is -0.107. The molecule has 35 heavy (non-hydrogen) atoms. The number of primary amides is 1. The van der Waals surface area contributed by atoms with E-state index in [1.807, 2.05) is 19.9 Å². The monoisotopic (exact) mass is 474 g/mol. The van der Waals surface area contributed by atoms with Crippen molar-refractivity contribution in [1.82, 2.24) is 0 Å². The highest BCUT2D eigenvalue weighted by atomic mass is 16.5. The molecule has 0 spiro atoms. The first-order chi connectivity index (χ1) is 16.4. The van der Waals surface area contributed by atoms with Crippen LogP contribution < -0.4 is 10.5 Å². The summed E-state index contributed by atoms with van der Waals surface area (Å²) in [4.78, 5) is 17.4. The van der Waals surface area contributed by atoms with Crippen LogP contribution in [0.5, 0.6) is 5.75 Å². The van der Waals surface area contributed by atoms with Crippen LogP contribution in [0.15, 0.2) is 60.7 Å². The first-order valence-electron chi connectivity index (χ1n) is 11.2. The van der Waals surface area contributed by atoms with Gasteiger partial charge in [-0.1, -0.05) is 68.8 Å². The van der Waals surface area contributed by atoms with E-state index in [2.05, 4.69) is 88.6 Å². The van der Waals surface area contributed by atoms with Crippen LogP contribution in [0.2, 0.25) is 0 Å². The minimum atomic E-state index is -0.0800. The third kappa shape index (κ3) is 9.46. The number of allylic oxidation sites excluding steroid dienone is 5. The summed E-state index contributed by atoms with van der Waals surface area (Å²) in [5, 5.41) is 9.71. The number of amides is 1. The van der Waals surface area contributed by atoms with Gasteiger partial charge in [-0.15, -0.1) is 0 Å². The average molecular weight is 475 g/mol. The van der Waals surface area contributed by atoms with E-state index in [0.717, 1.165) is 39.7 Å². The van der Waals surface area contributed by atoms with E-state index >= 15 is 0 Å². The SMILES string of the molecule is C=C(C)/C(=C\C(=C/C)c1cc(C(C)(C)C)cc(C#N)c1OC)c1ccc(C)cc1.CC=O.NC=O. The minimum Gasteiger partial charge on any atom is -0.495 e. The van der Waals surface area contributed by atoms with Gasteiger partial charge < -0.3 is 15.3 Å². The molecule has 0 aliphatic rings. The Balaban J connectivity index is 0.00000174. The van der Waals surface area contributed by atoms with Gasteiger partial charge in [-0.25, -0.2) is 0 Å². The molecule has 0 heterocycles. The first-order valence-corrected chi connectivity index (χ1v) is 11.2. The fourth-order valence-corrected chi connectivity index (χ4v) is 3.24. The zero-order valence-corrected chi connectivity index (χ0v) is 22.2. The number of hydrogen-bond acceptors (Lipinski definition) is 4. The van der Waals surface area contributed by atoms with E-state index in [0.29, 0.717) is 11.3 Å². The predicted molar refractivity (Wildman–Crippen MR) is 146 cm³/mol. The van der Waals surface area contributed by atoms with Crippen LogP contribution in [0, 0.1) is 18.3 Å². The van der Waals surface area contributed by atoms with Crippen molar-refractivity contribution in [2.75, 3.05) is 7.11 Å². The molecular formula is C30H38N2O3. The number of hydrogen-bond donors (Lipinski definition) is 1. The molecule has 0 saturated heterocycles. The van der Waals surface area contributed by atoms with E-state index in [9.17, 15) is 5.26 Å². The number of aryl methyl sites for hydroxylation is 1. The van der Waals surface area contributed by atoms with Crippen LogP contribution in [-0.2, 0) is 15.0 Å². The molecule has 2 aromatic carbocycles. The molecule has 2 aromatic rings. The molecule has 0 atom stereocenters. The Labute approximate surface area is 210 Å². The summed E-state index contributed by atoms with van der Waals surface area (Å²) in [6.45, 7) is 18.2. The molecule has 0 aliphatic heterocycles. The van der Waals surface area contributed by atoms with Gasteiger partial charge in [0.05, 0.1) is 12.7 Å². The normalized spacial score (nSPS) is 11.1.